The number of nitrogens with zero attached hydrogens (tertiary/aromatic N) is 1. The quantitative estimate of drug-likeness (QED) is 0.757. The van der Waals surface area contributed by atoms with E-state index < -0.39 is 0 Å². The summed E-state index contributed by atoms with van der Waals surface area (Å²) in [5, 5.41) is 4.63. The molecule has 20 heavy (non-hydrogen) atoms. The number of carbonyl (C=O) groups is 1. The molecule has 2 aromatic heterocycles. The van der Waals surface area contributed by atoms with Crippen molar-refractivity contribution in [1.29, 1.82) is 0 Å². The number of thiazole rings is 1. The largest absolute Gasteiger partial charge is 0.351 e. The minimum absolute atomic E-state index is 0.131. The first-order valence-electron chi connectivity index (χ1n) is 6.67. The molecule has 4 nitrogen and oxygen atoms in total. The molecule has 0 spiro atoms. The highest BCUT2D eigenvalue weighted by Crippen LogP contribution is 2.30. The van der Waals surface area contributed by atoms with E-state index in [1.54, 1.807) is 11.3 Å². The lowest BCUT2D eigenvalue weighted by Gasteiger charge is -1.98. The number of anilines is 1. The van der Waals surface area contributed by atoms with Gasteiger partial charge in [0.1, 0.15) is 5.69 Å². The Morgan fingerprint density at radius 3 is 3.05 bits per heavy atom. The number of aromatic nitrogens is 2. The molecule has 2 heterocycles. The second-order valence-corrected chi connectivity index (χ2v) is 6.05. The lowest BCUT2D eigenvalue weighted by molar-refractivity contribution is 0.102. The number of rotatable bonds is 2. The molecule has 1 aromatic carbocycles. The Balaban J connectivity index is 1.60. The number of benzene rings is 1. The molecule has 1 amide bonds. The average molecular weight is 283 g/mol. The Bertz CT molecular complexity index is 748. The third-order valence-corrected chi connectivity index (χ3v) is 4.66. The molecule has 0 atom stereocenters. The number of hydrogen-bond acceptors (Lipinski definition) is 3. The van der Waals surface area contributed by atoms with Crippen molar-refractivity contribution in [3.8, 4) is 0 Å². The fourth-order valence-electron chi connectivity index (χ4n) is 2.60. The maximum Gasteiger partial charge on any atom is 0.273 e. The highest BCUT2D eigenvalue weighted by molar-refractivity contribution is 7.15. The summed E-state index contributed by atoms with van der Waals surface area (Å²) in [5.41, 5.74) is 2.70. The molecule has 0 fully saturated rings. The van der Waals surface area contributed by atoms with E-state index >= 15 is 0 Å². The smallest absolute Gasteiger partial charge is 0.273 e. The van der Waals surface area contributed by atoms with Crippen LogP contribution in [0.25, 0.3) is 10.9 Å². The van der Waals surface area contributed by atoms with Gasteiger partial charge < -0.3 is 4.98 Å². The molecule has 1 aliphatic rings. The van der Waals surface area contributed by atoms with Gasteiger partial charge in [0.2, 0.25) is 0 Å². The molecular formula is C15H13N3OS. The molecule has 0 unspecified atom stereocenters. The van der Waals surface area contributed by atoms with Crippen molar-refractivity contribution in [2.24, 2.45) is 0 Å². The second kappa shape index (κ2) is 4.45. The zero-order valence-corrected chi connectivity index (χ0v) is 11.6. The summed E-state index contributed by atoms with van der Waals surface area (Å²) in [6.07, 6.45) is 3.31. The fraction of sp³-hybridized carbons (Fsp3) is 0.200. The lowest BCUT2D eigenvalue weighted by Crippen LogP contribution is -2.12. The standard InChI is InChI=1S/C15H13N3OS/c19-14(12-8-9-4-1-2-5-10(9)16-12)18-15-17-11-6-3-7-13(11)20-15/h1-2,4-5,8,16H,3,6-7H2,(H,17,18,19). The van der Waals surface area contributed by atoms with E-state index in [0.29, 0.717) is 10.8 Å². The van der Waals surface area contributed by atoms with Gasteiger partial charge in [0.25, 0.3) is 5.91 Å². The van der Waals surface area contributed by atoms with Crippen LogP contribution in [0.1, 0.15) is 27.5 Å². The predicted octanol–water partition coefficient (Wildman–Crippen LogP) is 3.37. The molecule has 4 rings (SSSR count). The molecule has 0 saturated heterocycles. The van der Waals surface area contributed by atoms with Gasteiger partial charge in [-0.1, -0.05) is 18.2 Å². The van der Waals surface area contributed by atoms with Gasteiger partial charge in [-0.25, -0.2) is 4.98 Å². The van der Waals surface area contributed by atoms with Gasteiger partial charge in [0.15, 0.2) is 5.13 Å². The number of aryl methyl sites for hydroxylation is 2. The molecule has 0 saturated carbocycles. The molecule has 5 heteroatoms. The first kappa shape index (κ1) is 11.7. The van der Waals surface area contributed by atoms with Crippen molar-refractivity contribution in [1.82, 2.24) is 9.97 Å². The van der Waals surface area contributed by atoms with Crippen molar-refractivity contribution in [3.63, 3.8) is 0 Å². The van der Waals surface area contributed by atoms with Crippen LogP contribution in [0, 0.1) is 0 Å². The maximum atomic E-state index is 12.2. The summed E-state index contributed by atoms with van der Waals surface area (Å²) in [4.78, 5) is 21.2. The average Bonchev–Trinajstić information content (AvgIpc) is 3.10. The van der Waals surface area contributed by atoms with E-state index in [2.05, 4.69) is 15.3 Å². The van der Waals surface area contributed by atoms with E-state index in [1.165, 1.54) is 11.3 Å². The van der Waals surface area contributed by atoms with E-state index in [4.69, 9.17) is 0 Å². The molecule has 0 aliphatic heterocycles. The number of nitrogens with one attached hydrogen (secondary N) is 2. The van der Waals surface area contributed by atoms with Crippen LogP contribution in [0.3, 0.4) is 0 Å². The zero-order chi connectivity index (χ0) is 13.5. The number of hydrogen-bond donors (Lipinski definition) is 2. The zero-order valence-electron chi connectivity index (χ0n) is 10.8. The first-order chi connectivity index (χ1) is 9.79. The van der Waals surface area contributed by atoms with E-state index in [1.807, 2.05) is 30.3 Å². The summed E-state index contributed by atoms with van der Waals surface area (Å²) in [5.74, 6) is -0.131. The van der Waals surface area contributed by atoms with Gasteiger partial charge in [-0.3, -0.25) is 10.1 Å². The maximum absolute atomic E-state index is 12.2. The van der Waals surface area contributed by atoms with Crippen LogP contribution >= 0.6 is 11.3 Å². The summed E-state index contributed by atoms with van der Waals surface area (Å²) >= 11 is 1.59. The van der Waals surface area contributed by atoms with Crippen LogP contribution in [-0.2, 0) is 12.8 Å². The number of fused-ring (bicyclic) bond motifs is 2. The molecule has 0 radical (unpaired) electrons. The van der Waals surface area contributed by atoms with Crippen molar-refractivity contribution in [2.45, 2.75) is 19.3 Å². The van der Waals surface area contributed by atoms with Gasteiger partial charge in [-0.05, 0) is 31.4 Å². The Morgan fingerprint density at radius 1 is 1.30 bits per heavy atom. The number of aromatic amines is 1. The first-order valence-corrected chi connectivity index (χ1v) is 7.49. The van der Waals surface area contributed by atoms with Crippen LogP contribution in [0.5, 0.6) is 0 Å². The van der Waals surface area contributed by atoms with Crippen molar-refractivity contribution >= 4 is 33.3 Å². The van der Waals surface area contributed by atoms with Crippen LogP contribution < -0.4 is 5.32 Å². The molecule has 3 aromatic rings. The predicted molar refractivity (Wildman–Crippen MR) is 80.4 cm³/mol. The van der Waals surface area contributed by atoms with Crippen LogP contribution in [0.2, 0.25) is 0 Å². The molecule has 1 aliphatic carbocycles. The van der Waals surface area contributed by atoms with Gasteiger partial charge >= 0.3 is 0 Å². The second-order valence-electron chi connectivity index (χ2n) is 4.97. The highest BCUT2D eigenvalue weighted by atomic mass is 32.1. The minimum atomic E-state index is -0.131. The Kier molecular flexibility index (Phi) is 2.60. The number of H-pyrrole nitrogens is 1. The van der Waals surface area contributed by atoms with E-state index in [-0.39, 0.29) is 5.91 Å². The molecule has 0 bridgehead atoms. The number of para-hydroxylation sites is 1. The van der Waals surface area contributed by atoms with Crippen molar-refractivity contribution in [3.05, 3.63) is 46.6 Å². The number of amides is 1. The topological polar surface area (TPSA) is 57.8 Å². The summed E-state index contributed by atoms with van der Waals surface area (Å²) in [6, 6.07) is 9.73. The van der Waals surface area contributed by atoms with Gasteiger partial charge in [0.05, 0.1) is 5.69 Å². The minimum Gasteiger partial charge on any atom is -0.351 e. The van der Waals surface area contributed by atoms with E-state index in [9.17, 15) is 4.79 Å². The Labute approximate surface area is 119 Å². The summed E-state index contributed by atoms with van der Waals surface area (Å²) in [7, 11) is 0. The van der Waals surface area contributed by atoms with Crippen LogP contribution in [0.4, 0.5) is 5.13 Å². The monoisotopic (exact) mass is 283 g/mol. The third-order valence-electron chi connectivity index (χ3n) is 3.59. The Hall–Kier alpha value is -2.14. The van der Waals surface area contributed by atoms with Gasteiger partial charge in [-0.15, -0.1) is 11.3 Å². The van der Waals surface area contributed by atoms with Crippen LogP contribution in [0.15, 0.2) is 30.3 Å². The fourth-order valence-corrected chi connectivity index (χ4v) is 3.65. The summed E-state index contributed by atoms with van der Waals surface area (Å²) < 4.78 is 0. The summed E-state index contributed by atoms with van der Waals surface area (Å²) in [6.45, 7) is 0. The van der Waals surface area contributed by atoms with Gasteiger partial charge in [0, 0.05) is 15.8 Å². The third kappa shape index (κ3) is 1.91. The van der Waals surface area contributed by atoms with Crippen LogP contribution in [-0.4, -0.2) is 15.9 Å². The van der Waals surface area contributed by atoms with Crippen molar-refractivity contribution in [2.75, 3.05) is 5.32 Å². The SMILES string of the molecule is O=C(Nc1nc2c(s1)CCC2)c1cc2ccccc2[nH]1. The normalized spacial score (nSPS) is 13.6. The Morgan fingerprint density at radius 2 is 2.20 bits per heavy atom. The molecule has 2 N–H and O–H groups in total. The molecule has 100 valence electrons. The lowest BCUT2D eigenvalue weighted by atomic mass is 10.2. The van der Waals surface area contributed by atoms with Crippen molar-refractivity contribution < 1.29 is 4.79 Å². The van der Waals surface area contributed by atoms with Gasteiger partial charge in [-0.2, -0.15) is 0 Å². The highest BCUT2D eigenvalue weighted by Gasteiger charge is 2.18. The van der Waals surface area contributed by atoms with E-state index in [0.717, 1.165) is 29.4 Å². The molecular weight excluding hydrogens is 270 g/mol. The number of carbonyl (C=O) groups excluding carboxylic acids is 1.